The first-order chi connectivity index (χ1) is 7.49. The van der Waals surface area contributed by atoms with Crippen molar-refractivity contribution in [3.05, 3.63) is 18.2 Å². The molecule has 8 heteroatoms. The smallest absolute Gasteiger partial charge is 0.271 e. The molecule has 1 heterocycles. The molecule has 7 nitrogen and oxygen atoms in total. The zero-order valence-electron chi connectivity index (χ0n) is 8.71. The maximum absolute atomic E-state index is 11.5. The lowest BCUT2D eigenvalue weighted by atomic mass is 10.3. The molecule has 0 aliphatic carbocycles. The van der Waals surface area contributed by atoms with Gasteiger partial charge >= 0.3 is 10.2 Å². The number of hydrogen-bond acceptors (Lipinski definition) is 5. The Hall–Kier alpha value is -1.67. The minimum absolute atomic E-state index is 0.414. The molecule has 1 N–H and O–H groups in total. The second-order valence-electron chi connectivity index (χ2n) is 3.36. The molecule has 1 aromatic carbocycles. The van der Waals surface area contributed by atoms with E-state index in [1.54, 1.807) is 18.2 Å². The molecule has 0 amide bonds. The quantitative estimate of drug-likeness (QED) is 0.843. The Labute approximate surface area is 92.2 Å². The third-order valence-electron chi connectivity index (χ3n) is 1.98. The van der Waals surface area contributed by atoms with Gasteiger partial charge in [0.05, 0.1) is 5.69 Å². The number of nitrogens with zero attached hydrogens (tertiary/aromatic N) is 3. The first kappa shape index (κ1) is 10.8. The highest BCUT2D eigenvalue weighted by Crippen LogP contribution is 2.16. The molecule has 0 atom stereocenters. The topological polar surface area (TPSA) is 88.3 Å². The molecule has 0 bridgehead atoms. The van der Waals surface area contributed by atoms with Gasteiger partial charge in [0, 0.05) is 14.1 Å². The van der Waals surface area contributed by atoms with Crippen LogP contribution < -0.4 is 4.72 Å². The van der Waals surface area contributed by atoms with Gasteiger partial charge in [0.25, 0.3) is 0 Å². The number of fused-ring (bicyclic) bond motifs is 1. The molecule has 1 aromatic heterocycles. The van der Waals surface area contributed by atoms with Crippen molar-refractivity contribution < 1.29 is 13.0 Å². The van der Waals surface area contributed by atoms with E-state index in [0.717, 1.165) is 4.31 Å². The van der Waals surface area contributed by atoms with E-state index in [1.807, 2.05) is 0 Å². The Balaban J connectivity index is 2.34. The molecule has 0 radical (unpaired) electrons. The zero-order chi connectivity index (χ0) is 11.8. The van der Waals surface area contributed by atoms with Crippen LogP contribution in [0.1, 0.15) is 0 Å². The van der Waals surface area contributed by atoms with Crippen LogP contribution in [0.15, 0.2) is 22.8 Å². The van der Waals surface area contributed by atoms with Crippen LogP contribution in [-0.2, 0) is 10.2 Å². The largest absolute Gasteiger partial charge is 0.301 e. The molecule has 0 aliphatic heterocycles. The summed E-state index contributed by atoms with van der Waals surface area (Å²) < 4.78 is 31.0. The number of rotatable bonds is 3. The molecule has 0 saturated carbocycles. The Bertz CT molecular complexity index is 605. The summed E-state index contributed by atoms with van der Waals surface area (Å²) in [5.41, 5.74) is 1.49. The fourth-order valence-corrected chi connectivity index (χ4v) is 1.69. The zero-order valence-corrected chi connectivity index (χ0v) is 9.52. The molecule has 2 aromatic rings. The molecule has 2 rings (SSSR count). The minimum Gasteiger partial charge on any atom is -0.271 e. The predicted octanol–water partition coefficient (Wildman–Crippen LogP) is 0.441. The maximum atomic E-state index is 11.5. The fraction of sp³-hybridized carbons (Fsp3) is 0.250. The first-order valence-electron chi connectivity index (χ1n) is 4.41. The average molecular weight is 242 g/mol. The lowest BCUT2D eigenvalue weighted by molar-refractivity contribution is 0.315. The highest BCUT2D eigenvalue weighted by atomic mass is 32.2. The normalized spacial score (nSPS) is 12.2. The van der Waals surface area contributed by atoms with Crippen LogP contribution in [0.4, 0.5) is 5.69 Å². The second kappa shape index (κ2) is 3.72. The molecule has 0 saturated heterocycles. The Kier molecular flexibility index (Phi) is 2.52. The monoisotopic (exact) mass is 242 g/mol. The average Bonchev–Trinajstić information content (AvgIpc) is 2.63. The van der Waals surface area contributed by atoms with Gasteiger partial charge in [0.1, 0.15) is 11.0 Å². The van der Waals surface area contributed by atoms with E-state index in [1.165, 1.54) is 14.1 Å². The van der Waals surface area contributed by atoms with E-state index in [4.69, 9.17) is 0 Å². The van der Waals surface area contributed by atoms with E-state index in [2.05, 4.69) is 19.7 Å². The van der Waals surface area contributed by atoms with Crippen molar-refractivity contribution in [2.24, 2.45) is 0 Å². The highest BCUT2D eigenvalue weighted by Gasteiger charge is 2.13. The molecule has 16 heavy (non-hydrogen) atoms. The summed E-state index contributed by atoms with van der Waals surface area (Å²) in [5.74, 6) is 0. The van der Waals surface area contributed by atoms with Crippen molar-refractivity contribution in [2.75, 3.05) is 18.8 Å². The third-order valence-corrected chi connectivity index (χ3v) is 3.44. The fourth-order valence-electron chi connectivity index (χ4n) is 1.09. The first-order valence-corrected chi connectivity index (χ1v) is 5.85. The van der Waals surface area contributed by atoms with E-state index in [-0.39, 0.29) is 0 Å². The standard InChI is InChI=1S/C8H10N4O3S/c1-12(2)16(13,14)11-6-3-4-7-8(5-6)10-15-9-7/h3-5,11H,1-2H3. The van der Waals surface area contributed by atoms with Crippen LogP contribution in [0, 0.1) is 0 Å². The summed E-state index contributed by atoms with van der Waals surface area (Å²) >= 11 is 0. The minimum atomic E-state index is -3.50. The van der Waals surface area contributed by atoms with Crippen LogP contribution >= 0.6 is 0 Å². The third kappa shape index (κ3) is 1.97. The number of nitrogens with one attached hydrogen (secondary N) is 1. The molecule has 0 fully saturated rings. The summed E-state index contributed by atoms with van der Waals surface area (Å²) in [6.07, 6.45) is 0. The summed E-state index contributed by atoms with van der Waals surface area (Å²) in [6, 6.07) is 4.76. The van der Waals surface area contributed by atoms with Crippen LogP contribution in [0.3, 0.4) is 0 Å². The van der Waals surface area contributed by atoms with E-state index < -0.39 is 10.2 Å². The second-order valence-corrected chi connectivity index (χ2v) is 5.24. The number of benzene rings is 1. The number of hydrogen-bond donors (Lipinski definition) is 1. The maximum Gasteiger partial charge on any atom is 0.301 e. The Morgan fingerprint density at radius 2 is 1.94 bits per heavy atom. The van der Waals surface area contributed by atoms with Crippen LogP contribution in [0.2, 0.25) is 0 Å². The van der Waals surface area contributed by atoms with Crippen LogP contribution in [0.5, 0.6) is 0 Å². The van der Waals surface area contributed by atoms with Crippen molar-refractivity contribution >= 4 is 26.9 Å². The summed E-state index contributed by atoms with van der Waals surface area (Å²) in [4.78, 5) is 0. The van der Waals surface area contributed by atoms with Crippen molar-refractivity contribution in [2.45, 2.75) is 0 Å². The van der Waals surface area contributed by atoms with Gasteiger partial charge in [-0.1, -0.05) is 0 Å². The van der Waals surface area contributed by atoms with E-state index in [9.17, 15) is 8.42 Å². The highest BCUT2D eigenvalue weighted by molar-refractivity contribution is 7.90. The predicted molar refractivity (Wildman–Crippen MR) is 58.0 cm³/mol. The van der Waals surface area contributed by atoms with Gasteiger partial charge in [-0.3, -0.25) is 4.72 Å². The van der Waals surface area contributed by atoms with Crippen molar-refractivity contribution in [1.29, 1.82) is 0 Å². The summed E-state index contributed by atoms with van der Waals surface area (Å²) in [7, 11) is -0.612. The van der Waals surface area contributed by atoms with Gasteiger partial charge < -0.3 is 0 Å². The van der Waals surface area contributed by atoms with E-state index in [0.29, 0.717) is 16.7 Å². The molecule has 0 unspecified atom stereocenters. The summed E-state index contributed by atoms with van der Waals surface area (Å²) in [6.45, 7) is 0. The van der Waals surface area contributed by atoms with Crippen molar-refractivity contribution in [3.8, 4) is 0 Å². The van der Waals surface area contributed by atoms with Gasteiger partial charge in [-0.25, -0.2) is 4.63 Å². The molecule has 0 aliphatic rings. The van der Waals surface area contributed by atoms with Gasteiger partial charge in [-0.05, 0) is 28.5 Å². The van der Waals surface area contributed by atoms with Gasteiger partial charge in [0.2, 0.25) is 0 Å². The molecular weight excluding hydrogens is 232 g/mol. The lowest BCUT2D eigenvalue weighted by Gasteiger charge is -2.12. The van der Waals surface area contributed by atoms with E-state index >= 15 is 0 Å². The molecular formula is C8H10N4O3S. The van der Waals surface area contributed by atoms with Gasteiger partial charge in [0.15, 0.2) is 0 Å². The molecule has 0 spiro atoms. The van der Waals surface area contributed by atoms with Crippen molar-refractivity contribution in [3.63, 3.8) is 0 Å². The van der Waals surface area contributed by atoms with Gasteiger partial charge in [-0.2, -0.15) is 12.7 Å². The number of anilines is 1. The molecule has 86 valence electrons. The van der Waals surface area contributed by atoms with Crippen LogP contribution in [0.25, 0.3) is 11.0 Å². The van der Waals surface area contributed by atoms with Crippen LogP contribution in [-0.4, -0.2) is 37.1 Å². The van der Waals surface area contributed by atoms with Crippen molar-refractivity contribution in [1.82, 2.24) is 14.6 Å². The Morgan fingerprint density at radius 3 is 2.62 bits per heavy atom. The lowest BCUT2D eigenvalue weighted by Crippen LogP contribution is -2.28. The number of aromatic nitrogens is 2. The Morgan fingerprint density at radius 1 is 1.25 bits per heavy atom. The van der Waals surface area contributed by atoms with Gasteiger partial charge in [-0.15, -0.1) is 0 Å². The summed E-state index contributed by atoms with van der Waals surface area (Å²) in [5, 5.41) is 7.24. The SMILES string of the molecule is CN(C)S(=O)(=O)Nc1ccc2nonc2c1.